The maximum Gasteiger partial charge on any atom is 0.247 e. The number of nitrogens with zero attached hydrogens (tertiary/aromatic N) is 2. The summed E-state index contributed by atoms with van der Waals surface area (Å²) in [4.78, 5) is 7.90. The van der Waals surface area contributed by atoms with Crippen molar-refractivity contribution in [1.29, 1.82) is 0 Å². The van der Waals surface area contributed by atoms with Gasteiger partial charge in [0.15, 0.2) is 0 Å². The highest BCUT2D eigenvalue weighted by molar-refractivity contribution is 6.28. The molecule has 2 N–H and O–H groups in total. The van der Waals surface area contributed by atoms with Gasteiger partial charge in [-0.25, -0.2) is 4.98 Å². The maximum atomic E-state index is 5.82. The quantitative estimate of drug-likeness (QED) is 0.831. The van der Waals surface area contributed by atoms with Gasteiger partial charge in [0.05, 0.1) is 5.69 Å². The van der Waals surface area contributed by atoms with E-state index in [1.54, 1.807) is 6.92 Å². The zero-order valence-corrected chi connectivity index (χ0v) is 10.3. The summed E-state index contributed by atoms with van der Waals surface area (Å²) >= 11 is 5.76. The first kappa shape index (κ1) is 11.7. The highest BCUT2D eigenvalue weighted by Crippen LogP contribution is 2.28. The molecule has 2 rings (SSSR count). The van der Waals surface area contributed by atoms with Gasteiger partial charge in [0, 0.05) is 0 Å². The molecular formula is C12H12ClN3O. The molecular weight excluding hydrogens is 238 g/mol. The van der Waals surface area contributed by atoms with Crippen molar-refractivity contribution in [2.45, 2.75) is 13.8 Å². The minimum Gasteiger partial charge on any atom is -0.437 e. The molecule has 0 saturated heterocycles. The van der Waals surface area contributed by atoms with Gasteiger partial charge in [-0.05, 0) is 37.6 Å². The third-order valence-electron chi connectivity index (χ3n) is 2.31. The Morgan fingerprint density at radius 3 is 2.41 bits per heavy atom. The summed E-state index contributed by atoms with van der Waals surface area (Å²) in [5, 5.41) is 0.124. The number of hydrogen-bond acceptors (Lipinski definition) is 4. The first-order chi connectivity index (χ1) is 8.06. The second-order valence-electron chi connectivity index (χ2n) is 3.71. The summed E-state index contributed by atoms with van der Waals surface area (Å²) < 4.78 is 5.57. The average Bonchev–Trinajstić information content (AvgIpc) is 2.28. The molecule has 0 saturated carbocycles. The van der Waals surface area contributed by atoms with Gasteiger partial charge in [-0.1, -0.05) is 17.7 Å². The van der Waals surface area contributed by atoms with E-state index in [9.17, 15) is 0 Å². The fourth-order valence-electron chi connectivity index (χ4n) is 1.32. The van der Waals surface area contributed by atoms with Gasteiger partial charge < -0.3 is 10.5 Å². The molecule has 4 nitrogen and oxygen atoms in total. The van der Waals surface area contributed by atoms with E-state index >= 15 is 0 Å². The van der Waals surface area contributed by atoms with Crippen LogP contribution in [-0.2, 0) is 0 Å². The molecule has 2 aromatic rings. The van der Waals surface area contributed by atoms with Crippen LogP contribution in [0, 0.1) is 13.8 Å². The number of anilines is 1. The van der Waals surface area contributed by atoms with E-state index in [4.69, 9.17) is 22.1 Å². The summed E-state index contributed by atoms with van der Waals surface area (Å²) in [6.45, 7) is 3.76. The molecule has 5 heteroatoms. The van der Waals surface area contributed by atoms with Crippen LogP contribution in [0.4, 0.5) is 5.69 Å². The van der Waals surface area contributed by atoms with E-state index < -0.39 is 0 Å². The number of aryl methyl sites for hydroxylation is 2. The number of aromatic nitrogens is 2. The van der Waals surface area contributed by atoms with Crippen LogP contribution in [0.1, 0.15) is 11.3 Å². The third kappa shape index (κ3) is 2.65. The fourth-order valence-corrected chi connectivity index (χ4v) is 1.52. The number of halogens is 1. The Kier molecular flexibility index (Phi) is 3.15. The van der Waals surface area contributed by atoms with Gasteiger partial charge in [-0.3, -0.25) is 0 Å². The van der Waals surface area contributed by atoms with Crippen LogP contribution in [0.5, 0.6) is 11.6 Å². The molecule has 0 radical (unpaired) electrons. The number of benzene rings is 1. The fraction of sp³-hybridized carbons (Fsp3) is 0.167. The molecule has 0 aliphatic rings. The first-order valence-electron chi connectivity index (χ1n) is 5.10. The lowest BCUT2D eigenvalue weighted by atomic mass is 10.2. The molecule has 1 heterocycles. The molecule has 17 heavy (non-hydrogen) atoms. The summed E-state index contributed by atoms with van der Waals surface area (Å²) in [7, 11) is 0. The van der Waals surface area contributed by atoms with Crippen LogP contribution in [0.15, 0.2) is 24.3 Å². The number of nitrogen functional groups attached to an aromatic ring is 1. The highest BCUT2D eigenvalue weighted by atomic mass is 35.5. The lowest BCUT2D eigenvalue weighted by molar-refractivity contribution is 0.463. The molecule has 0 unspecified atom stereocenters. The molecule has 0 bridgehead atoms. The second kappa shape index (κ2) is 4.59. The Bertz CT molecular complexity index is 540. The predicted octanol–water partition coefficient (Wildman–Crippen LogP) is 3.12. The van der Waals surface area contributed by atoms with Crippen LogP contribution in [0.25, 0.3) is 0 Å². The third-order valence-corrected chi connectivity index (χ3v) is 2.48. The molecule has 0 atom stereocenters. The van der Waals surface area contributed by atoms with Crippen LogP contribution in [-0.4, -0.2) is 9.97 Å². The lowest BCUT2D eigenvalue weighted by Gasteiger charge is -2.09. The Balaban J connectivity index is 2.32. The van der Waals surface area contributed by atoms with Crippen molar-refractivity contribution in [1.82, 2.24) is 9.97 Å². The minimum absolute atomic E-state index is 0.124. The highest BCUT2D eigenvalue weighted by Gasteiger charge is 2.09. The zero-order valence-electron chi connectivity index (χ0n) is 9.57. The van der Waals surface area contributed by atoms with Crippen molar-refractivity contribution in [2.75, 3.05) is 5.73 Å². The van der Waals surface area contributed by atoms with Gasteiger partial charge in [0.2, 0.25) is 11.2 Å². The number of hydrogen-bond donors (Lipinski definition) is 1. The van der Waals surface area contributed by atoms with Crippen LogP contribution in [0.2, 0.25) is 5.28 Å². The largest absolute Gasteiger partial charge is 0.437 e. The Morgan fingerprint density at radius 1 is 1.12 bits per heavy atom. The van der Waals surface area contributed by atoms with E-state index in [0.717, 1.165) is 5.56 Å². The van der Waals surface area contributed by atoms with E-state index in [-0.39, 0.29) is 11.2 Å². The molecule has 0 aliphatic heterocycles. The van der Waals surface area contributed by atoms with Crippen molar-refractivity contribution in [3.63, 3.8) is 0 Å². The molecule has 1 aromatic carbocycles. The standard InChI is InChI=1S/C12H12ClN3O/c1-7-3-5-9(6-4-7)17-11-10(14)8(2)15-12(13)16-11/h3-6H,14H2,1-2H3. The van der Waals surface area contributed by atoms with Crippen molar-refractivity contribution < 1.29 is 4.74 Å². The number of rotatable bonds is 2. The van der Waals surface area contributed by atoms with Crippen molar-refractivity contribution >= 4 is 17.3 Å². The first-order valence-corrected chi connectivity index (χ1v) is 5.48. The minimum atomic E-state index is 0.124. The van der Waals surface area contributed by atoms with E-state index in [1.807, 2.05) is 31.2 Å². The van der Waals surface area contributed by atoms with Gasteiger partial charge in [0.1, 0.15) is 11.4 Å². The normalized spacial score (nSPS) is 10.3. The van der Waals surface area contributed by atoms with E-state index in [2.05, 4.69) is 9.97 Å². The number of nitrogens with two attached hydrogens (primary N) is 1. The number of ether oxygens (including phenoxy) is 1. The summed E-state index contributed by atoms with van der Waals surface area (Å²) in [5.41, 5.74) is 7.98. The molecule has 0 fully saturated rings. The zero-order chi connectivity index (χ0) is 12.4. The maximum absolute atomic E-state index is 5.82. The lowest BCUT2D eigenvalue weighted by Crippen LogP contribution is -2.00. The summed E-state index contributed by atoms with van der Waals surface area (Å²) in [5.74, 6) is 0.947. The Morgan fingerprint density at radius 2 is 1.76 bits per heavy atom. The van der Waals surface area contributed by atoms with Crippen molar-refractivity contribution in [2.24, 2.45) is 0 Å². The second-order valence-corrected chi connectivity index (χ2v) is 4.05. The summed E-state index contributed by atoms with van der Waals surface area (Å²) in [6.07, 6.45) is 0. The monoisotopic (exact) mass is 249 g/mol. The van der Waals surface area contributed by atoms with Crippen LogP contribution < -0.4 is 10.5 Å². The van der Waals surface area contributed by atoms with E-state index in [1.165, 1.54) is 0 Å². The van der Waals surface area contributed by atoms with Gasteiger partial charge >= 0.3 is 0 Å². The van der Waals surface area contributed by atoms with Crippen molar-refractivity contribution in [3.05, 3.63) is 40.8 Å². The van der Waals surface area contributed by atoms with Gasteiger partial charge in [-0.15, -0.1) is 0 Å². The molecule has 0 amide bonds. The van der Waals surface area contributed by atoms with Crippen molar-refractivity contribution in [3.8, 4) is 11.6 Å². The molecule has 0 aliphatic carbocycles. The van der Waals surface area contributed by atoms with Crippen LogP contribution in [0.3, 0.4) is 0 Å². The van der Waals surface area contributed by atoms with E-state index in [0.29, 0.717) is 17.1 Å². The van der Waals surface area contributed by atoms with Gasteiger partial charge in [0.25, 0.3) is 0 Å². The molecule has 0 spiro atoms. The average molecular weight is 250 g/mol. The Labute approximate surface area is 104 Å². The predicted molar refractivity (Wildman–Crippen MR) is 67.4 cm³/mol. The molecule has 88 valence electrons. The van der Waals surface area contributed by atoms with Crippen LogP contribution >= 0.6 is 11.6 Å². The Hall–Kier alpha value is -1.81. The molecule has 1 aromatic heterocycles. The smallest absolute Gasteiger partial charge is 0.247 e. The topological polar surface area (TPSA) is 61.0 Å². The summed E-state index contributed by atoms with van der Waals surface area (Å²) in [6, 6.07) is 7.59. The van der Waals surface area contributed by atoms with Gasteiger partial charge in [-0.2, -0.15) is 4.98 Å². The SMILES string of the molecule is Cc1ccc(Oc2nc(Cl)nc(C)c2N)cc1.